The summed E-state index contributed by atoms with van der Waals surface area (Å²) in [7, 11) is 0. The molecular weight excluding hydrogens is 352 g/mol. The largest absolute Gasteiger partial charge is 0.378 e. The lowest BCUT2D eigenvalue weighted by Crippen LogP contribution is -2.36. The quantitative estimate of drug-likeness (QED) is 0.719. The number of aromatic nitrogens is 2. The summed E-state index contributed by atoms with van der Waals surface area (Å²) in [5.74, 6) is -0.0639. The lowest BCUT2D eigenvalue weighted by molar-refractivity contribution is 0.0951. The van der Waals surface area contributed by atoms with E-state index >= 15 is 0 Å². The molecule has 6 heteroatoms. The normalized spacial score (nSPS) is 14.1. The second-order valence-corrected chi connectivity index (χ2v) is 6.85. The lowest BCUT2D eigenvalue weighted by atomic mass is 10.1. The molecule has 1 aromatic heterocycles. The molecule has 2 heterocycles. The highest BCUT2D eigenvalue weighted by atomic mass is 16.5. The number of amides is 1. The number of morpholine rings is 1. The minimum atomic E-state index is -0.0639. The molecule has 144 valence electrons. The van der Waals surface area contributed by atoms with Crippen LogP contribution in [0.1, 0.15) is 21.5 Å². The maximum atomic E-state index is 12.5. The van der Waals surface area contributed by atoms with Gasteiger partial charge in [-0.25, -0.2) is 0 Å². The molecule has 28 heavy (non-hydrogen) atoms. The summed E-state index contributed by atoms with van der Waals surface area (Å²) in [6.45, 7) is 4.50. The molecule has 1 aliphatic rings. The number of nitrogens with one attached hydrogen (secondary N) is 1. The van der Waals surface area contributed by atoms with Gasteiger partial charge in [-0.2, -0.15) is 5.10 Å². The highest BCUT2D eigenvalue weighted by Gasteiger charge is 2.12. The van der Waals surface area contributed by atoms with Crippen LogP contribution in [0.2, 0.25) is 0 Å². The standard InChI is InChI=1S/C22H24N4O2/c27-22(20-5-7-21(8-6-20)25-11-13-28-14-12-25)23-16-18-3-1-4-19(15-18)17-26-10-2-9-24-26/h1-10,15H,11-14,16-17H2,(H,23,27). The molecule has 0 spiro atoms. The number of ether oxygens (including phenoxy) is 1. The average molecular weight is 376 g/mol. The van der Waals surface area contributed by atoms with Gasteiger partial charge in [0, 0.05) is 43.3 Å². The minimum Gasteiger partial charge on any atom is -0.378 e. The zero-order valence-corrected chi connectivity index (χ0v) is 15.8. The first-order valence-corrected chi connectivity index (χ1v) is 9.54. The summed E-state index contributed by atoms with van der Waals surface area (Å²) in [5.41, 5.74) is 4.03. The number of carbonyl (C=O) groups excluding carboxylic acids is 1. The van der Waals surface area contributed by atoms with Crippen LogP contribution in [0.15, 0.2) is 67.0 Å². The topological polar surface area (TPSA) is 59.4 Å². The van der Waals surface area contributed by atoms with Crippen molar-refractivity contribution in [2.24, 2.45) is 0 Å². The summed E-state index contributed by atoms with van der Waals surface area (Å²) in [4.78, 5) is 14.8. The molecule has 1 N–H and O–H groups in total. The molecule has 6 nitrogen and oxygen atoms in total. The number of rotatable bonds is 6. The fourth-order valence-corrected chi connectivity index (χ4v) is 3.35. The van der Waals surface area contributed by atoms with Gasteiger partial charge >= 0.3 is 0 Å². The fraction of sp³-hybridized carbons (Fsp3) is 0.273. The molecular formula is C22H24N4O2. The van der Waals surface area contributed by atoms with Gasteiger partial charge in [-0.15, -0.1) is 0 Å². The van der Waals surface area contributed by atoms with Crippen LogP contribution < -0.4 is 10.2 Å². The van der Waals surface area contributed by atoms with Crippen LogP contribution in [0.25, 0.3) is 0 Å². The molecule has 1 amide bonds. The smallest absolute Gasteiger partial charge is 0.251 e. The van der Waals surface area contributed by atoms with Crippen LogP contribution >= 0.6 is 0 Å². The molecule has 0 radical (unpaired) electrons. The SMILES string of the molecule is O=C(NCc1cccc(Cn2cccn2)c1)c1ccc(N2CCOCC2)cc1. The van der Waals surface area contributed by atoms with Gasteiger partial charge in [0.05, 0.1) is 19.8 Å². The van der Waals surface area contributed by atoms with E-state index in [4.69, 9.17) is 4.74 Å². The Balaban J connectivity index is 1.33. The van der Waals surface area contributed by atoms with E-state index in [0.29, 0.717) is 12.1 Å². The Labute approximate surface area is 164 Å². The van der Waals surface area contributed by atoms with Crippen molar-refractivity contribution >= 4 is 11.6 Å². The number of carbonyl (C=O) groups is 1. The Morgan fingerprint density at radius 1 is 1.04 bits per heavy atom. The minimum absolute atomic E-state index is 0.0639. The number of benzene rings is 2. The molecule has 0 bridgehead atoms. The van der Waals surface area contributed by atoms with E-state index in [9.17, 15) is 4.79 Å². The van der Waals surface area contributed by atoms with Crippen LogP contribution in [-0.4, -0.2) is 42.0 Å². The number of hydrogen-bond donors (Lipinski definition) is 1. The van der Waals surface area contributed by atoms with Crippen LogP contribution in [0.5, 0.6) is 0 Å². The third kappa shape index (κ3) is 4.58. The first kappa shape index (κ1) is 18.3. The maximum Gasteiger partial charge on any atom is 0.251 e. The molecule has 3 aromatic rings. The highest BCUT2D eigenvalue weighted by molar-refractivity contribution is 5.94. The summed E-state index contributed by atoms with van der Waals surface area (Å²) < 4.78 is 7.27. The Hall–Kier alpha value is -3.12. The van der Waals surface area contributed by atoms with Gasteiger partial charge in [0.1, 0.15) is 0 Å². The van der Waals surface area contributed by atoms with E-state index < -0.39 is 0 Å². The monoisotopic (exact) mass is 376 g/mol. The second-order valence-electron chi connectivity index (χ2n) is 6.85. The summed E-state index contributed by atoms with van der Waals surface area (Å²) in [5, 5.41) is 7.24. The Morgan fingerprint density at radius 2 is 1.82 bits per heavy atom. The Bertz CT molecular complexity index is 901. The summed E-state index contributed by atoms with van der Waals surface area (Å²) in [6.07, 6.45) is 3.71. The predicted octanol–water partition coefficient (Wildman–Crippen LogP) is 2.70. The maximum absolute atomic E-state index is 12.5. The molecule has 0 saturated carbocycles. The van der Waals surface area contributed by atoms with Crippen molar-refractivity contribution in [2.45, 2.75) is 13.1 Å². The molecule has 1 saturated heterocycles. The van der Waals surface area contributed by atoms with Crippen molar-refractivity contribution in [3.05, 3.63) is 83.7 Å². The summed E-state index contributed by atoms with van der Waals surface area (Å²) in [6, 6.07) is 17.9. The zero-order chi connectivity index (χ0) is 19.2. The van der Waals surface area contributed by atoms with E-state index in [2.05, 4.69) is 27.4 Å². The molecule has 1 aliphatic heterocycles. The Morgan fingerprint density at radius 3 is 2.57 bits per heavy atom. The molecule has 4 rings (SSSR count). The molecule has 1 fully saturated rings. The first-order valence-electron chi connectivity index (χ1n) is 9.54. The van der Waals surface area contributed by atoms with Gasteiger partial charge in [-0.3, -0.25) is 9.48 Å². The van der Waals surface area contributed by atoms with Gasteiger partial charge in [0.15, 0.2) is 0 Å². The molecule has 0 aliphatic carbocycles. The molecule has 0 unspecified atom stereocenters. The van der Waals surface area contributed by atoms with Crippen LogP contribution in [0.4, 0.5) is 5.69 Å². The number of nitrogens with zero attached hydrogens (tertiary/aromatic N) is 3. The zero-order valence-electron chi connectivity index (χ0n) is 15.8. The van der Waals surface area contributed by atoms with Crippen molar-refractivity contribution in [3.8, 4) is 0 Å². The predicted molar refractivity (Wildman–Crippen MR) is 108 cm³/mol. The number of anilines is 1. The van der Waals surface area contributed by atoms with E-state index in [0.717, 1.165) is 49.7 Å². The van der Waals surface area contributed by atoms with Gasteiger partial charge in [-0.1, -0.05) is 24.3 Å². The third-order valence-corrected chi connectivity index (χ3v) is 4.85. The lowest BCUT2D eigenvalue weighted by Gasteiger charge is -2.28. The van der Waals surface area contributed by atoms with Gasteiger partial charge < -0.3 is 15.0 Å². The fourth-order valence-electron chi connectivity index (χ4n) is 3.35. The van der Waals surface area contributed by atoms with Crippen molar-refractivity contribution < 1.29 is 9.53 Å². The Kier molecular flexibility index (Phi) is 5.68. The van der Waals surface area contributed by atoms with Crippen LogP contribution in [0.3, 0.4) is 0 Å². The third-order valence-electron chi connectivity index (χ3n) is 4.85. The molecule has 0 atom stereocenters. The second kappa shape index (κ2) is 8.71. The van der Waals surface area contributed by atoms with E-state index in [1.807, 2.05) is 53.3 Å². The van der Waals surface area contributed by atoms with E-state index in [-0.39, 0.29) is 5.91 Å². The average Bonchev–Trinajstić information content (AvgIpc) is 3.26. The van der Waals surface area contributed by atoms with Crippen LogP contribution in [-0.2, 0) is 17.8 Å². The van der Waals surface area contributed by atoms with Crippen molar-refractivity contribution in [3.63, 3.8) is 0 Å². The van der Waals surface area contributed by atoms with Crippen LogP contribution in [0, 0.1) is 0 Å². The van der Waals surface area contributed by atoms with Crippen molar-refractivity contribution in [1.29, 1.82) is 0 Å². The highest BCUT2D eigenvalue weighted by Crippen LogP contribution is 2.17. The van der Waals surface area contributed by atoms with Crippen molar-refractivity contribution in [2.75, 3.05) is 31.2 Å². The van der Waals surface area contributed by atoms with Gasteiger partial charge in [-0.05, 0) is 41.5 Å². The molecule has 2 aromatic carbocycles. The van der Waals surface area contributed by atoms with E-state index in [1.165, 1.54) is 0 Å². The van der Waals surface area contributed by atoms with Gasteiger partial charge in [0.2, 0.25) is 0 Å². The number of hydrogen-bond acceptors (Lipinski definition) is 4. The van der Waals surface area contributed by atoms with E-state index in [1.54, 1.807) is 6.20 Å². The van der Waals surface area contributed by atoms with Crippen molar-refractivity contribution in [1.82, 2.24) is 15.1 Å². The van der Waals surface area contributed by atoms with Gasteiger partial charge in [0.25, 0.3) is 5.91 Å². The first-order chi connectivity index (χ1) is 13.8. The summed E-state index contributed by atoms with van der Waals surface area (Å²) >= 11 is 0.